The molecule has 0 spiro atoms. The van der Waals surface area contributed by atoms with E-state index in [1.807, 2.05) is 21.0 Å². The monoisotopic (exact) mass is 376 g/mol. The quantitative estimate of drug-likeness (QED) is 0.600. The third-order valence-corrected chi connectivity index (χ3v) is 9.57. The number of hydrogen-bond donors (Lipinski definition) is 0. The lowest BCUT2D eigenvalue weighted by atomic mass is 9.45. The lowest BCUT2D eigenvalue weighted by molar-refractivity contribution is -0.166. The van der Waals surface area contributed by atoms with Crippen LogP contribution in [0.1, 0.15) is 85.5 Å². The van der Waals surface area contributed by atoms with Crippen molar-refractivity contribution in [1.82, 2.24) is 0 Å². The van der Waals surface area contributed by atoms with Crippen LogP contribution in [-0.2, 0) is 14.3 Å². The molecule has 154 valence electrons. The van der Waals surface area contributed by atoms with E-state index in [1.165, 1.54) is 44.9 Å². The van der Waals surface area contributed by atoms with Crippen molar-refractivity contribution < 1.29 is 14.3 Å². The summed E-state index contributed by atoms with van der Waals surface area (Å²) in [5.41, 5.74) is 0.860. The average molecular weight is 377 g/mol. The van der Waals surface area contributed by atoms with Gasteiger partial charge in [0, 0.05) is 7.11 Å². The molecule has 27 heavy (non-hydrogen) atoms. The summed E-state index contributed by atoms with van der Waals surface area (Å²) in [6.45, 7) is 8.98. The van der Waals surface area contributed by atoms with Crippen molar-refractivity contribution in [2.45, 2.75) is 97.7 Å². The molecule has 0 bridgehead atoms. The summed E-state index contributed by atoms with van der Waals surface area (Å²) in [7, 11) is 1.92. The molecular formula is C24H40O3. The zero-order valence-corrected chi connectivity index (χ0v) is 18.1. The molecule has 3 unspecified atom stereocenters. The third-order valence-electron chi connectivity index (χ3n) is 9.57. The van der Waals surface area contributed by atoms with Gasteiger partial charge >= 0.3 is 5.97 Å². The fourth-order valence-corrected chi connectivity index (χ4v) is 7.97. The number of esters is 1. The van der Waals surface area contributed by atoms with Crippen molar-refractivity contribution in [2.24, 2.45) is 40.4 Å². The van der Waals surface area contributed by atoms with Gasteiger partial charge in [-0.15, -0.1) is 0 Å². The minimum atomic E-state index is -0.0128. The van der Waals surface area contributed by atoms with E-state index in [1.54, 1.807) is 0 Å². The van der Waals surface area contributed by atoms with Crippen LogP contribution >= 0.6 is 0 Å². The van der Waals surface area contributed by atoms with E-state index in [0.29, 0.717) is 16.9 Å². The van der Waals surface area contributed by atoms with Gasteiger partial charge in [0.1, 0.15) is 6.10 Å². The van der Waals surface area contributed by atoms with Crippen molar-refractivity contribution in [2.75, 3.05) is 7.11 Å². The minimum absolute atomic E-state index is 0.0118. The maximum Gasteiger partial charge on any atom is 0.308 e. The van der Waals surface area contributed by atoms with Gasteiger partial charge in [-0.05, 0) is 92.3 Å². The summed E-state index contributed by atoms with van der Waals surface area (Å²) < 4.78 is 11.8. The van der Waals surface area contributed by atoms with Crippen molar-refractivity contribution in [3.8, 4) is 0 Å². The van der Waals surface area contributed by atoms with Crippen LogP contribution in [-0.4, -0.2) is 25.3 Å². The number of methoxy groups -OCH3 is 1. The molecule has 4 fully saturated rings. The Kier molecular flexibility index (Phi) is 5.15. The molecule has 3 heteroatoms. The molecule has 4 saturated carbocycles. The van der Waals surface area contributed by atoms with Crippen LogP contribution in [0.3, 0.4) is 0 Å². The highest BCUT2D eigenvalue weighted by atomic mass is 16.5. The Hall–Kier alpha value is -0.570. The first kappa shape index (κ1) is 19.7. The van der Waals surface area contributed by atoms with Crippen LogP contribution in [0, 0.1) is 40.4 Å². The van der Waals surface area contributed by atoms with Gasteiger partial charge in [-0.1, -0.05) is 27.7 Å². The van der Waals surface area contributed by atoms with Gasteiger partial charge in [0.05, 0.1) is 12.0 Å². The van der Waals surface area contributed by atoms with Gasteiger partial charge in [0.15, 0.2) is 0 Å². The highest BCUT2D eigenvalue weighted by Gasteiger charge is 2.60. The second-order valence-electron chi connectivity index (χ2n) is 11.0. The number of hydrogen-bond acceptors (Lipinski definition) is 3. The first-order chi connectivity index (χ1) is 12.8. The summed E-state index contributed by atoms with van der Waals surface area (Å²) in [6.07, 6.45) is 12.1. The first-order valence-corrected chi connectivity index (χ1v) is 11.5. The van der Waals surface area contributed by atoms with E-state index in [2.05, 4.69) is 13.8 Å². The Morgan fingerprint density at radius 1 is 0.926 bits per heavy atom. The Balaban J connectivity index is 1.48. The van der Waals surface area contributed by atoms with Crippen LogP contribution in [0.4, 0.5) is 0 Å². The van der Waals surface area contributed by atoms with E-state index in [0.717, 1.165) is 36.5 Å². The van der Waals surface area contributed by atoms with Gasteiger partial charge in [-0.25, -0.2) is 0 Å². The van der Waals surface area contributed by atoms with Gasteiger partial charge in [-0.2, -0.15) is 0 Å². The molecule has 0 N–H and O–H groups in total. The first-order valence-electron chi connectivity index (χ1n) is 11.5. The summed E-state index contributed by atoms with van der Waals surface area (Å²) in [6, 6.07) is 0. The molecule has 3 nitrogen and oxygen atoms in total. The predicted octanol–water partition coefficient (Wildman–Crippen LogP) is 5.61. The van der Waals surface area contributed by atoms with Crippen LogP contribution in [0.2, 0.25) is 0 Å². The lowest BCUT2D eigenvalue weighted by Crippen LogP contribution is -2.54. The topological polar surface area (TPSA) is 35.5 Å². The molecule has 0 aromatic rings. The summed E-state index contributed by atoms with van der Waals surface area (Å²) in [5.74, 6) is 3.33. The van der Waals surface area contributed by atoms with Gasteiger partial charge in [-0.3, -0.25) is 4.79 Å². The zero-order chi connectivity index (χ0) is 19.4. The van der Waals surface area contributed by atoms with Gasteiger partial charge in [0.2, 0.25) is 0 Å². The van der Waals surface area contributed by atoms with Crippen LogP contribution in [0.15, 0.2) is 0 Å². The molecule has 0 aromatic heterocycles. The highest BCUT2D eigenvalue weighted by molar-refractivity contribution is 5.71. The molecule has 4 aliphatic rings. The fraction of sp³-hybridized carbons (Fsp3) is 0.958. The molecule has 4 rings (SSSR count). The predicted molar refractivity (Wildman–Crippen MR) is 107 cm³/mol. The Bertz CT molecular complexity index is 572. The third kappa shape index (κ3) is 3.07. The molecule has 0 aromatic carbocycles. The summed E-state index contributed by atoms with van der Waals surface area (Å²) in [4.78, 5) is 12.1. The largest absolute Gasteiger partial charge is 0.462 e. The smallest absolute Gasteiger partial charge is 0.308 e. The molecule has 0 radical (unpaired) electrons. The van der Waals surface area contributed by atoms with Crippen LogP contribution in [0.25, 0.3) is 0 Å². The molecule has 0 heterocycles. The number of fused-ring (bicyclic) bond motifs is 5. The molecule has 0 saturated heterocycles. The molecule has 4 aliphatic carbocycles. The van der Waals surface area contributed by atoms with Crippen molar-refractivity contribution in [3.63, 3.8) is 0 Å². The molecule has 0 aliphatic heterocycles. The van der Waals surface area contributed by atoms with Crippen molar-refractivity contribution in [3.05, 3.63) is 0 Å². The normalized spacial score (nSPS) is 49.3. The minimum Gasteiger partial charge on any atom is -0.462 e. The fourth-order valence-electron chi connectivity index (χ4n) is 7.97. The standard InChI is InChI=1S/C24H40O3/c1-15(2)22(25)27-17-10-12-23(3)16(14-17)6-7-18-19-8-9-21(26-5)24(19,4)13-11-20(18)23/h15-21H,6-14H2,1-5H3/t16?,17?,18-,19-,20+,21?,23-,24-/m0/s1. The van der Waals surface area contributed by atoms with Crippen LogP contribution in [0.5, 0.6) is 0 Å². The van der Waals surface area contributed by atoms with Gasteiger partial charge in [0.25, 0.3) is 0 Å². The summed E-state index contributed by atoms with van der Waals surface area (Å²) in [5, 5.41) is 0. The SMILES string of the molecule is COC1CC[C@H]2[C@@H]3CCC4CC(OC(=O)C(C)C)CC[C@]4(C)[C@@H]3CC[C@]12C. The second kappa shape index (κ2) is 7.04. The maximum atomic E-state index is 12.1. The van der Waals surface area contributed by atoms with E-state index in [4.69, 9.17) is 9.47 Å². The Labute approximate surface area is 165 Å². The Morgan fingerprint density at radius 3 is 2.33 bits per heavy atom. The lowest BCUT2D eigenvalue weighted by Gasteiger charge is -2.60. The van der Waals surface area contributed by atoms with E-state index in [-0.39, 0.29) is 18.0 Å². The number of ether oxygens (including phenoxy) is 2. The second-order valence-corrected chi connectivity index (χ2v) is 11.0. The summed E-state index contributed by atoms with van der Waals surface area (Å²) >= 11 is 0. The average Bonchev–Trinajstić information content (AvgIpc) is 2.98. The number of carbonyl (C=O) groups is 1. The zero-order valence-electron chi connectivity index (χ0n) is 18.1. The molecular weight excluding hydrogens is 336 g/mol. The van der Waals surface area contributed by atoms with E-state index >= 15 is 0 Å². The van der Waals surface area contributed by atoms with Crippen LogP contribution < -0.4 is 0 Å². The number of rotatable bonds is 3. The van der Waals surface area contributed by atoms with Crippen molar-refractivity contribution >= 4 is 5.97 Å². The van der Waals surface area contributed by atoms with E-state index in [9.17, 15) is 4.79 Å². The molecule has 8 atom stereocenters. The number of carbonyl (C=O) groups excluding carboxylic acids is 1. The van der Waals surface area contributed by atoms with Gasteiger partial charge < -0.3 is 9.47 Å². The Morgan fingerprint density at radius 2 is 1.63 bits per heavy atom. The highest BCUT2D eigenvalue weighted by Crippen LogP contribution is 2.66. The van der Waals surface area contributed by atoms with Crippen molar-refractivity contribution in [1.29, 1.82) is 0 Å². The maximum absolute atomic E-state index is 12.1. The van der Waals surface area contributed by atoms with E-state index < -0.39 is 0 Å². The molecule has 0 amide bonds.